The van der Waals surface area contributed by atoms with Crippen molar-refractivity contribution in [3.05, 3.63) is 59.7 Å². The second-order valence-corrected chi connectivity index (χ2v) is 9.64. The van der Waals surface area contributed by atoms with Crippen LogP contribution < -0.4 is 10.6 Å². The maximum atomic E-state index is 12.5. The van der Waals surface area contributed by atoms with Crippen molar-refractivity contribution in [3.63, 3.8) is 0 Å². The van der Waals surface area contributed by atoms with Crippen LogP contribution in [0.25, 0.3) is 11.1 Å². The Kier molecular flexibility index (Phi) is 8.06. The molecular formula is C28H34N2O5. The number of nitrogens with one attached hydrogen (secondary N) is 2. The molecule has 2 aromatic carbocycles. The van der Waals surface area contributed by atoms with Crippen molar-refractivity contribution in [2.24, 2.45) is 11.8 Å². The van der Waals surface area contributed by atoms with E-state index in [1.165, 1.54) is 22.3 Å². The number of hydrogen-bond acceptors (Lipinski definition) is 4. The first-order chi connectivity index (χ1) is 17.0. The van der Waals surface area contributed by atoms with E-state index in [4.69, 9.17) is 4.74 Å². The van der Waals surface area contributed by atoms with E-state index in [9.17, 15) is 19.5 Å². The van der Waals surface area contributed by atoms with Gasteiger partial charge in [0, 0.05) is 24.4 Å². The molecule has 0 aromatic heterocycles. The SMILES string of the molecule is CC(CCCNC(=O)OCC1c2ccccc2-c2ccccc21)C(=O)N[C@@H]1CCCC[C@@H]1C(=O)O. The minimum Gasteiger partial charge on any atom is -0.481 e. The van der Waals surface area contributed by atoms with Crippen molar-refractivity contribution in [1.82, 2.24) is 10.6 Å². The van der Waals surface area contributed by atoms with E-state index in [1.54, 1.807) is 0 Å². The van der Waals surface area contributed by atoms with Crippen LogP contribution in [0.1, 0.15) is 62.5 Å². The summed E-state index contributed by atoms with van der Waals surface area (Å²) in [6.45, 7) is 2.52. The van der Waals surface area contributed by atoms with Gasteiger partial charge in [0.2, 0.25) is 5.91 Å². The number of fused-ring (bicyclic) bond motifs is 3. The van der Waals surface area contributed by atoms with Crippen LogP contribution in [0.15, 0.2) is 48.5 Å². The zero-order chi connectivity index (χ0) is 24.8. The van der Waals surface area contributed by atoms with Gasteiger partial charge < -0.3 is 20.5 Å². The molecule has 35 heavy (non-hydrogen) atoms. The molecule has 3 N–H and O–H groups in total. The second kappa shape index (κ2) is 11.4. The lowest BCUT2D eigenvalue weighted by molar-refractivity contribution is -0.144. The fraction of sp³-hybridized carbons (Fsp3) is 0.464. The van der Waals surface area contributed by atoms with E-state index in [1.807, 2.05) is 31.2 Å². The number of rotatable bonds is 9. The van der Waals surface area contributed by atoms with Crippen LogP contribution in [0.5, 0.6) is 0 Å². The van der Waals surface area contributed by atoms with E-state index in [2.05, 4.69) is 34.9 Å². The number of alkyl carbamates (subject to hydrolysis) is 1. The zero-order valence-corrected chi connectivity index (χ0v) is 20.2. The summed E-state index contributed by atoms with van der Waals surface area (Å²) < 4.78 is 5.54. The largest absolute Gasteiger partial charge is 0.481 e. The molecule has 186 valence electrons. The molecule has 1 unspecified atom stereocenters. The first-order valence-electron chi connectivity index (χ1n) is 12.6. The molecule has 0 spiro atoms. The predicted octanol–water partition coefficient (Wildman–Crippen LogP) is 4.70. The first-order valence-corrected chi connectivity index (χ1v) is 12.6. The van der Waals surface area contributed by atoms with E-state index in [0.29, 0.717) is 32.2 Å². The van der Waals surface area contributed by atoms with Gasteiger partial charge in [0.15, 0.2) is 0 Å². The minimum atomic E-state index is -0.838. The smallest absolute Gasteiger partial charge is 0.407 e. The molecule has 1 fully saturated rings. The van der Waals surface area contributed by atoms with Crippen molar-refractivity contribution < 1.29 is 24.2 Å². The molecule has 2 amide bonds. The third-order valence-corrected chi connectivity index (χ3v) is 7.29. The molecule has 0 saturated heterocycles. The van der Waals surface area contributed by atoms with E-state index in [-0.39, 0.29) is 30.4 Å². The van der Waals surface area contributed by atoms with Crippen molar-refractivity contribution in [3.8, 4) is 11.1 Å². The van der Waals surface area contributed by atoms with E-state index >= 15 is 0 Å². The molecule has 2 aromatic rings. The van der Waals surface area contributed by atoms with E-state index < -0.39 is 18.0 Å². The molecule has 4 rings (SSSR count). The van der Waals surface area contributed by atoms with Gasteiger partial charge in [-0.05, 0) is 47.9 Å². The Labute approximate surface area is 206 Å². The predicted molar refractivity (Wildman–Crippen MR) is 133 cm³/mol. The van der Waals surface area contributed by atoms with Gasteiger partial charge in [0.1, 0.15) is 6.61 Å². The van der Waals surface area contributed by atoms with Gasteiger partial charge in [-0.15, -0.1) is 0 Å². The number of hydrogen-bond donors (Lipinski definition) is 3. The molecule has 7 heteroatoms. The van der Waals surface area contributed by atoms with Gasteiger partial charge in [0.25, 0.3) is 0 Å². The van der Waals surface area contributed by atoms with Crippen molar-refractivity contribution in [2.75, 3.05) is 13.2 Å². The van der Waals surface area contributed by atoms with Crippen LogP contribution >= 0.6 is 0 Å². The van der Waals surface area contributed by atoms with Crippen LogP contribution in [0, 0.1) is 11.8 Å². The summed E-state index contributed by atoms with van der Waals surface area (Å²) in [4.78, 5) is 36.3. The molecule has 3 atom stereocenters. The Hall–Kier alpha value is -3.35. The molecule has 0 aliphatic heterocycles. The summed E-state index contributed by atoms with van der Waals surface area (Å²) in [6, 6.07) is 16.1. The number of carbonyl (C=O) groups excluding carboxylic acids is 2. The van der Waals surface area contributed by atoms with Gasteiger partial charge in [-0.1, -0.05) is 68.3 Å². The fourth-order valence-corrected chi connectivity index (χ4v) is 5.30. The number of aliphatic carboxylic acids is 1. The highest BCUT2D eigenvalue weighted by molar-refractivity contribution is 5.80. The standard InChI is InChI=1S/C28H34N2O5/c1-18(26(31)30-25-15-7-6-14-23(25)27(32)33)9-8-16-29-28(34)35-17-24-21-12-4-2-10-19(21)20-11-3-5-13-22(20)24/h2-5,10-13,18,23-25H,6-9,14-17H2,1H3,(H,29,34)(H,30,31)(H,32,33)/t18?,23-,25+/m0/s1. The second-order valence-electron chi connectivity index (χ2n) is 9.64. The maximum absolute atomic E-state index is 12.5. The number of carboxylic acid groups (broad SMARTS) is 1. The molecule has 0 bridgehead atoms. The van der Waals surface area contributed by atoms with Crippen LogP contribution in [0.3, 0.4) is 0 Å². The third kappa shape index (κ3) is 5.84. The Morgan fingerprint density at radius 1 is 1.00 bits per heavy atom. The van der Waals surface area contributed by atoms with Gasteiger partial charge in [-0.3, -0.25) is 9.59 Å². The average molecular weight is 479 g/mol. The van der Waals surface area contributed by atoms with Gasteiger partial charge in [0.05, 0.1) is 5.92 Å². The summed E-state index contributed by atoms with van der Waals surface area (Å²) in [5.41, 5.74) is 4.72. The summed E-state index contributed by atoms with van der Waals surface area (Å²) in [5.74, 6) is -1.70. The number of amides is 2. The topological polar surface area (TPSA) is 105 Å². The monoisotopic (exact) mass is 478 g/mol. The highest BCUT2D eigenvalue weighted by Crippen LogP contribution is 2.44. The molecule has 0 heterocycles. The van der Waals surface area contributed by atoms with Gasteiger partial charge in [-0.2, -0.15) is 0 Å². The first kappa shape index (κ1) is 24.8. The lowest BCUT2D eigenvalue weighted by Gasteiger charge is -2.30. The highest BCUT2D eigenvalue weighted by atomic mass is 16.5. The van der Waals surface area contributed by atoms with Crippen LogP contribution in [-0.2, 0) is 14.3 Å². The Morgan fingerprint density at radius 3 is 2.29 bits per heavy atom. The Bertz CT molecular complexity index is 1020. The lowest BCUT2D eigenvalue weighted by Crippen LogP contribution is -2.46. The van der Waals surface area contributed by atoms with Crippen LogP contribution in [0.2, 0.25) is 0 Å². The Balaban J connectivity index is 1.18. The molecule has 7 nitrogen and oxygen atoms in total. The van der Waals surface area contributed by atoms with Crippen molar-refractivity contribution in [1.29, 1.82) is 0 Å². The van der Waals surface area contributed by atoms with Crippen LogP contribution in [0.4, 0.5) is 4.79 Å². The van der Waals surface area contributed by atoms with Crippen LogP contribution in [-0.4, -0.2) is 42.3 Å². The van der Waals surface area contributed by atoms with E-state index in [0.717, 1.165) is 12.8 Å². The summed E-state index contributed by atoms with van der Waals surface area (Å²) >= 11 is 0. The number of benzene rings is 2. The fourth-order valence-electron chi connectivity index (χ4n) is 5.30. The summed E-state index contributed by atoms with van der Waals surface area (Å²) in [6.07, 6.45) is 3.91. The van der Waals surface area contributed by atoms with Crippen molar-refractivity contribution in [2.45, 2.75) is 57.4 Å². The van der Waals surface area contributed by atoms with Gasteiger partial charge >= 0.3 is 12.1 Å². The average Bonchev–Trinajstić information content (AvgIpc) is 3.19. The van der Waals surface area contributed by atoms with Gasteiger partial charge in [-0.25, -0.2) is 4.79 Å². The maximum Gasteiger partial charge on any atom is 0.407 e. The molecule has 2 aliphatic carbocycles. The Morgan fingerprint density at radius 2 is 1.63 bits per heavy atom. The highest BCUT2D eigenvalue weighted by Gasteiger charge is 2.32. The summed E-state index contributed by atoms with van der Waals surface area (Å²) in [7, 11) is 0. The number of carboxylic acids is 1. The molecule has 2 aliphatic rings. The zero-order valence-electron chi connectivity index (χ0n) is 20.2. The molecular weight excluding hydrogens is 444 g/mol. The summed E-state index contributed by atoms with van der Waals surface area (Å²) in [5, 5.41) is 15.1. The minimum absolute atomic E-state index is 0.0197. The number of carbonyl (C=O) groups is 3. The number of ether oxygens (including phenoxy) is 1. The molecule has 1 saturated carbocycles. The van der Waals surface area contributed by atoms with Crippen molar-refractivity contribution >= 4 is 18.0 Å². The molecule has 0 radical (unpaired) electrons. The normalized spacial score (nSPS) is 19.8. The lowest BCUT2D eigenvalue weighted by atomic mass is 9.84. The third-order valence-electron chi connectivity index (χ3n) is 7.29. The quantitative estimate of drug-likeness (QED) is 0.453.